The molecule has 0 amide bonds. The molecule has 0 radical (unpaired) electrons. The molecule has 1 aromatic heterocycles. The zero-order chi connectivity index (χ0) is 21.0. The summed E-state index contributed by atoms with van der Waals surface area (Å²) in [7, 11) is 1.89. The van der Waals surface area contributed by atoms with Gasteiger partial charge in [0, 0.05) is 12.6 Å². The van der Waals surface area contributed by atoms with Crippen LogP contribution in [-0.4, -0.2) is 38.0 Å². The third-order valence-corrected chi connectivity index (χ3v) is 6.49. The summed E-state index contributed by atoms with van der Waals surface area (Å²) in [5, 5.41) is 12.0. The van der Waals surface area contributed by atoms with Gasteiger partial charge in [0.25, 0.3) is 11.6 Å². The zero-order valence-electron chi connectivity index (χ0n) is 18.0. The standard InChI is InChI=1S/C24H27N4O2.BrH/c1-17-11-13-19(14-12-17)24(30)16-26-15-7-10-21(26)27(24)22-18(2)25(3)28(23(22)29)20-8-5-4-6-9-20;/h4-6,8-9,11-14,30H,7,10,15-16H2,1-3H3;1H/q+1;/p-1. The molecule has 31 heavy (non-hydrogen) atoms. The van der Waals surface area contributed by atoms with Crippen LogP contribution in [0.25, 0.3) is 5.69 Å². The number of hydrogen-bond donors (Lipinski definition) is 1. The van der Waals surface area contributed by atoms with Crippen LogP contribution in [0.15, 0.2) is 59.4 Å². The van der Waals surface area contributed by atoms with Crippen molar-refractivity contribution in [3.63, 3.8) is 0 Å². The van der Waals surface area contributed by atoms with Crippen molar-refractivity contribution >= 4 is 11.5 Å². The van der Waals surface area contributed by atoms with Gasteiger partial charge in [-0.3, -0.25) is 14.1 Å². The van der Waals surface area contributed by atoms with E-state index in [-0.39, 0.29) is 22.5 Å². The average Bonchev–Trinajstić information content (AvgIpc) is 3.35. The van der Waals surface area contributed by atoms with E-state index in [1.807, 2.05) is 85.1 Å². The molecule has 162 valence electrons. The van der Waals surface area contributed by atoms with Crippen LogP contribution >= 0.6 is 0 Å². The molecule has 0 bridgehead atoms. The number of anilines is 1. The molecule has 0 saturated carbocycles. The van der Waals surface area contributed by atoms with Gasteiger partial charge in [-0.25, -0.2) is 4.68 Å². The summed E-state index contributed by atoms with van der Waals surface area (Å²) in [5.74, 6) is 1.03. The Labute approximate surface area is 192 Å². The van der Waals surface area contributed by atoms with Crippen molar-refractivity contribution in [1.29, 1.82) is 0 Å². The van der Waals surface area contributed by atoms with Gasteiger partial charge in [-0.1, -0.05) is 48.0 Å². The summed E-state index contributed by atoms with van der Waals surface area (Å²) < 4.78 is 5.78. The molecule has 2 aliphatic rings. The summed E-state index contributed by atoms with van der Waals surface area (Å²) in [5.41, 5.74) is 2.74. The van der Waals surface area contributed by atoms with Crippen molar-refractivity contribution in [3.8, 4) is 5.69 Å². The lowest BCUT2D eigenvalue weighted by Gasteiger charge is -2.28. The lowest BCUT2D eigenvalue weighted by Crippen LogP contribution is -3.00. The van der Waals surface area contributed by atoms with Gasteiger partial charge in [0.15, 0.2) is 6.54 Å². The summed E-state index contributed by atoms with van der Waals surface area (Å²) in [6.45, 7) is 5.35. The van der Waals surface area contributed by atoms with Gasteiger partial charge in [-0.15, -0.1) is 0 Å². The van der Waals surface area contributed by atoms with Crippen LogP contribution in [0.5, 0.6) is 0 Å². The van der Waals surface area contributed by atoms with E-state index >= 15 is 0 Å². The van der Waals surface area contributed by atoms with Gasteiger partial charge in [-0.2, -0.15) is 4.90 Å². The molecule has 1 atom stereocenters. The molecule has 6 nitrogen and oxygen atoms in total. The fourth-order valence-electron chi connectivity index (χ4n) is 4.86. The monoisotopic (exact) mass is 482 g/mol. The molecular weight excluding hydrogens is 456 g/mol. The van der Waals surface area contributed by atoms with Crippen LogP contribution < -0.4 is 27.4 Å². The van der Waals surface area contributed by atoms with E-state index in [4.69, 9.17) is 0 Å². The predicted octanol–water partition coefficient (Wildman–Crippen LogP) is -0.333. The van der Waals surface area contributed by atoms with E-state index in [1.165, 1.54) is 0 Å². The Morgan fingerprint density at radius 3 is 2.39 bits per heavy atom. The number of aliphatic hydroxyl groups is 1. The second-order valence-corrected chi connectivity index (χ2v) is 8.37. The first-order valence-electron chi connectivity index (χ1n) is 10.5. The first kappa shape index (κ1) is 21.6. The highest BCUT2D eigenvalue weighted by Crippen LogP contribution is 2.38. The molecule has 1 N–H and O–H groups in total. The summed E-state index contributed by atoms with van der Waals surface area (Å²) in [4.78, 5) is 15.6. The molecule has 3 aromatic rings. The van der Waals surface area contributed by atoms with Crippen LogP contribution in [0.2, 0.25) is 0 Å². The SMILES string of the molecule is Cc1ccc(C2(O)C[N+]3=C(CCC3)N2c2c(C)n(C)n(-c3ccccc3)c2=O)cc1.[Br-]. The van der Waals surface area contributed by atoms with Crippen LogP contribution in [-0.2, 0) is 12.8 Å². The number of nitrogens with zero attached hydrogens (tertiary/aromatic N) is 4. The van der Waals surface area contributed by atoms with Crippen LogP contribution in [0.3, 0.4) is 0 Å². The smallest absolute Gasteiger partial charge is 0.318 e. The fraction of sp³-hybridized carbons (Fsp3) is 0.333. The largest absolute Gasteiger partial charge is 1.00 e. The highest BCUT2D eigenvalue weighted by Gasteiger charge is 2.57. The zero-order valence-corrected chi connectivity index (χ0v) is 19.6. The Bertz CT molecular complexity index is 1210. The van der Waals surface area contributed by atoms with Gasteiger partial charge in [0.1, 0.15) is 0 Å². The second kappa shape index (κ2) is 7.80. The molecule has 0 saturated heterocycles. The Morgan fingerprint density at radius 2 is 1.71 bits per heavy atom. The van der Waals surface area contributed by atoms with Gasteiger partial charge in [0.05, 0.1) is 24.3 Å². The van der Waals surface area contributed by atoms with Gasteiger partial charge >= 0.3 is 5.56 Å². The maximum absolute atomic E-state index is 13.7. The van der Waals surface area contributed by atoms with Crippen molar-refractivity contribution < 1.29 is 26.7 Å². The number of aryl methyl sites for hydroxylation is 1. The average molecular weight is 483 g/mol. The van der Waals surface area contributed by atoms with Crippen molar-refractivity contribution in [1.82, 2.24) is 9.36 Å². The highest BCUT2D eigenvalue weighted by atomic mass is 79.9. The topological polar surface area (TPSA) is 53.4 Å². The van der Waals surface area contributed by atoms with E-state index in [0.717, 1.165) is 47.7 Å². The molecule has 0 aliphatic carbocycles. The van der Waals surface area contributed by atoms with Crippen molar-refractivity contribution in [2.45, 2.75) is 32.4 Å². The van der Waals surface area contributed by atoms with Gasteiger partial charge < -0.3 is 22.1 Å². The Morgan fingerprint density at radius 1 is 1.03 bits per heavy atom. The number of benzene rings is 2. The van der Waals surface area contributed by atoms with Gasteiger partial charge in [-0.05, 0) is 32.4 Å². The second-order valence-electron chi connectivity index (χ2n) is 8.37. The van der Waals surface area contributed by atoms with E-state index < -0.39 is 5.72 Å². The van der Waals surface area contributed by atoms with E-state index in [2.05, 4.69) is 4.58 Å². The van der Waals surface area contributed by atoms with Crippen molar-refractivity contribution in [3.05, 3.63) is 81.8 Å². The van der Waals surface area contributed by atoms with Crippen LogP contribution in [0, 0.1) is 13.8 Å². The van der Waals surface area contributed by atoms with Crippen LogP contribution in [0.4, 0.5) is 5.69 Å². The first-order valence-corrected chi connectivity index (χ1v) is 10.5. The molecule has 3 heterocycles. The summed E-state index contributed by atoms with van der Waals surface area (Å²) >= 11 is 0. The molecule has 2 aliphatic heterocycles. The number of para-hydroxylation sites is 1. The Kier molecular flexibility index (Phi) is 5.43. The minimum atomic E-state index is -1.27. The fourth-order valence-corrected chi connectivity index (χ4v) is 4.86. The quantitative estimate of drug-likeness (QED) is 0.520. The number of aromatic nitrogens is 2. The van der Waals surface area contributed by atoms with Crippen LogP contribution in [0.1, 0.15) is 29.7 Å². The minimum absolute atomic E-state index is 0. The normalized spacial score (nSPS) is 20.2. The summed E-state index contributed by atoms with van der Waals surface area (Å²) in [6.07, 6.45) is 1.89. The van der Waals surface area contributed by atoms with Crippen molar-refractivity contribution in [2.24, 2.45) is 7.05 Å². The Balaban J connectivity index is 0.00000231. The highest BCUT2D eigenvalue weighted by molar-refractivity contribution is 5.98. The predicted molar refractivity (Wildman–Crippen MR) is 118 cm³/mol. The minimum Gasteiger partial charge on any atom is -1.00 e. The molecule has 1 unspecified atom stereocenters. The third kappa shape index (κ3) is 3.18. The van der Waals surface area contributed by atoms with Gasteiger partial charge in [0.2, 0.25) is 5.69 Å². The molecule has 2 aromatic carbocycles. The molecule has 0 spiro atoms. The lowest BCUT2D eigenvalue weighted by molar-refractivity contribution is -0.526. The molecule has 5 rings (SSSR count). The third-order valence-electron chi connectivity index (χ3n) is 6.49. The first-order chi connectivity index (χ1) is 14.4. The Hall–Kier alpha value is -2.64. The lowest BCUT2D eigenvalue weighted by atomic mass is 9.99. The van der Waals surface area contributed by atoms with Crippen molar-refractivity contribution in [2.75, 3.05) is 18.0 Å². The van der Waals surface area contributed by atoms with E-state index in [0.29, 0.717) is 12.2 Å². The number of rotatable bonds is 3. The summed E-state index contributed by atoms with van der Waals surface area (Å²) in [6, 6.07) is 17.6. The molecule has 0 fully saturated rings. The molecular formula is C24H27BrN4O2. The van der Waals surface area contributed by atoms with E-state index in [9.17, 15) is 9.90 Å². The maximum Gasteiger partial charge on any atom is 0.318 e. The van der Waals surface area contributed by atoms with E-state index in [1.54, 1.807) is 4.68 Å². The molecule has 7 heteroatoms. The number of amidine groups is 1. The maximum atomic E-state index is 13.7. The number of halogens is 1. The number of hydrogen-bond acceptors (Lipinski definition) is 3.